The maximum atomic E-state index is 11.8. The largest absolute Gasteiger partial charge is 0.450 e. The van der Waals surface area contributed by atoms with Crippen molar-refractivity contribution in [1.29, 1.82) is 0 Å². The maximum absolute atomic E-state index is 11.8. The van der Waals surface area contributed by atoms with Gasteiger partial charge in [0.25, 0.3) is 0 Å². The number of urea groups is 1. The van der Waals surface area contributed by atoms with Gasteiger partial charge in [-0.05, 0) is 13.8 Å². The lowest BCUT2D eigenvalue weighted by Gasteiger charge is -2.33. The molecule has 0 aromatic rings. The van der Waals surface area contributed by atoms with Crippen molar-refractivity contribution in [3.05, 3.63) is 0 Å². The third-order valence-corrected chi connectivity index (χ3v) is 2.85. The fraction of sp³-hybridized carbons (Fsp3) is 0.750. The van der Waals surface area contributed by atoms with Crippen LogP contribution >= 0.6 is 0 Å². The van der Waals surface area contributed by atoms with Gasteiger partial charge >= 0.3 is 12.1 Å². The minimum Gasteiger partial charge on any atom is -0.450 e. The molecule has 108 valence electrons. The molecule has 1 rings (SSSR count). The molecule has 0 unspecified atom stereocenters. The number of amides is 3. The summed E-state index contributed by atoms with van der Waals surface area (Å²) in [5.41, 5.74) is 0. The highest BCUT2D eigenvalue weighted by molar-refractivity contribution is 5.78. The highest BCUT2D eigenvalue weighted by Crippen LogP contribution is 2.04. The number of hydrogen-bond donors (Lipinski definition) is 1. The van der Waals surface area contributed by atoms with Gasteiger partial charge in [0, 0.05) is 39.1 Å². The van der Waals surface area contributed by atoms with Gasteiger partial charge in [0.1, 0.15) is 5.78 Å². The first-order chi connectivity index (χ1) is 9.04. The molecule has 1 aliphatic rings. The number of hydrogen-bond acceptors (Lipinski definition) is 4. The van der Waals surface area contributed by atoms with Gasteiger partial charge in [-0.2, -0.15) is 0 Å². The highest BCUT2D eigenvalue weighted by atomic mass is 16.6. The Balaban J connectivity index is 2.27. The van der Waals surface area contributed by atoms with Crippen LogP contribution in [0.15, 0.2) is 0 Å². The van der Waals surface area contributed by atoms with E-state index in [1.54, 1.807) is 16.7 Å². The Morgan fingerprint density at radius 3 is 2.21 bits per heavy atom. The summed E-state index contributed by atoms with van der Waals surface area (Å²) < 4.78 is 4.90. The van der Waals surface area contributed by atoms with Crippen LogP contribution in [0.1, 0.15) is 20.3 Å². The number of piperazine rings is 1. The number of Topliss-reactive ketones (excluding diaryl/α,β-unsaturated/α-hetero) is 1. The van der Waals surface area contributed by atoms with E-state index in [1.807, 2.05) is 0 Å². The molecule has 19 heavy (non-hydrogen) atoms. The molecule has 0 spiro atoms. The second kappa shape index (κ2) is 7.60. The first kappa shape index (κ1) is 15.3. The van der Waals surface area contributed by atoms with Crippen molar-refractivity contribution in [2.75, 3.05) is 39.3 Å². The third kappa shape index (κ3) is 5.15. The Morgan fingerprint density at radius 2 is 1.68 bits per heavy atom. The summed E-state index contributed by atoms with van der Waals surface area (Å²) in [6, 6.07) is -0.190. The second-order valence-electron chi connectivity index (χ2n) is 4.36. The fourth-order valence-electron chi connectivity index (χ4n) is 1.76. The molecule has 7 nitrogen and oxygen atoms in total. The van der Waals surface area contributed by atoms with Crippen molar-refractivity contribution in [3.63, 3.8) is 0 Å². The fourth-order valence-corrected chi connectivity index (χ4v) is 1.76. The number of ether oxygens (including phenoxy) is 1. The monoisotopic (exact) mass is 271 g/mol. The molecular weight excluding hydrogens is 250 g/mol. The first-order valence-electron chi connectivity index (χ1n) is 6.48. The summed E-state index contributed by atoms with van der Waals surface area (Å²) in [6.07, 6.45) is 0.00766. The van der Waals surface area contributed by atoms with Gasteiger partial charge in [0.05, 0.1) is 6.61 Å². The Hall–Kier alpha value is -1.79. The molecule has 0 aromatic carbocycles. The first-order valence-corrected chi connectivity index (χ1v) is 6.48. The number of carbonyl (C=O) groups excluding carboxylic acids is 3. The smallest absolute Gasteiger partial charge is 0.409 e. The van der Waals surface area contributed by atoms with Gasteiger partial charge in [-0.15, -0.1) is 0 Å². The van der Waals surface area contributed by atoms with Crippen LogP contribution in [0.2, 0.25) is 0 Å². The van der Waals surface area contributed by atoms with Crippen molar-refractivity contribution >= 4 is 17.9 Å². The topological polar surface area (TPSA) is 79.0 Å². The average molecular weight is 271 g/mol. The predicted octanol–water partition coefficient (Wildman–Crippen LogP) is 0.449. The molecule has 0 aliphatic carbocycles. The maximum Gasteiger partial charge on any atom is 0.409 e. The van der Waals surface area contributed by atoms with Crippen LogP contribution in [0.5, 0.6) is 0 Å². The molecular formula is C12H21N3O4. The van der Waals surface area contributed by atoms with Crippen molar-refractivity contribution in [3.8, 4) is 0 Å². The molecule has 0 aromatic heterocycles. The number of ketones is 1. The molecule has 1 N–H and O–H groups in total. The minimum absolute atomic E-state index is 0.0485. The predicted molar refractivity (Wildman–Crippen MR) is 68.9 cm³/mol. The Kier molecular flexibility index (Phi) is 6.11. The lowest BCUT2D eigenvalue weighted by Crippen LogP contribution is -2.53. The van der Waals surface area contributed by atoms with E-state index in [0.717, 1.165) is 0 Å². The summed E-state index contributed by atoms with van der Waals surface area (Å²) >= 11 is 0. The van der Waals surface area contributed by atoms with Crippen LogP contribution in [-0.4, -0.2) is 67.0 Å². The van der Waals surface area contributed by atoms with E-state index in [9.17, 15) is 14.4 Å². The standard InChI is InChI=1S/C12H21N3O4/c1-3-19-12(18)15-8-6-14(7-9-15)11(17)13-5-4-10(2)16/h3-9H2,1-2H3,(H,13,17). The van der Waals surface area contributed by atoms with Crippen LogP contribution in [-0.2, 0) is 9.53 Å². The van der Waals surface area contributed by atoms with E-state index in [1.165, 1.54) is 6.92 Å². The van der Waals surface area contributed by atoms with Crippen molar-refractivity contribution in [2.24, 2.45) is 0 Å². The Labute approximate surface area is 112 Å². The molecule has 0 saturated carbocycles. The van der Waals surface area contributed by atoms with Gasteiger partial charge in [0.2, 0.25) is 0 Å². The quantitative estimate of drug-likeness (QED) is 0.805. The molecule has 1 heterocycles. The van der Waals surface area contributed by atoms with Gasteiger partial charge in [-0.3, -0.25) is 4.79 Å². The SMILES string of the molecule is CCOC(=O)N1CCN(C(=O)NCCC(C)=O)CC1. The van der Waals surface area contributed by atoms with Gasteiger partial charge < -0.3 is 19.9 Å². The van der Waals surface area contributed by atoms with Gasteiger partial charge in [-0.25, -0.2) is 9.59 Å². The number of nitrogens with one attached hydrogen (secondary N) is 1. The molecule has 1 aliphatic heterocycles. The van der Waals surface area contributed by atoms with Crippen molar-refractivity contribution < 1.29 is 19.1 Å². The van der Waals surface area contributed by atoms with Crippen LogP contribution in [0, 0.1) is 0 Å². The third-order valence-electron chi connectivity index (χ3n) is 2.85. The normalized spacial score (nSPS) is 15.1. The summed E-state index contributed by atoms with van der Waals surface area (Å²) in [7, 11) is 0. The summed E-state index contributed by atoms with van der Waals surface area (Å²) in [5.74, 6) is 0.0485. The van der Waals surface area contributed by atoms with E-state index in [0.29, 0.717) is 45.8 Å². The Morgan fingerprint density at radius 1 is 1.11 bits per heavy atom. The van der Waals surface area contributed by atoms with Crippen LogP contribution in [0.3, 0.4) is 0 Å². The molecule has 0 radical (unpaired) electrons. The van der Waals surface area contributed by atoms with Crippen molar-refractivity contribution in [2.45, 2.75) is 20.3 Å². The Bertz CT molecular complexity index is 338. The number of rotatable bonds is 4. The second-order valence-corrected chi connectivity index (χ2v) is 4.36. The van der Waals surface area contributed by atoms with E-state index < -0.39 is 0 Å². The van der Waals surface area contributed by atoms with Gasteiger partial charge in [-0.1, -0.05) is 0 Å². The number of carbonyl (C=O) groups is 3. The van der Waals surface area contributed by atoms with Crippen LogP contribution in [0.4, 0.5) is 9.59 Å². The zero-order chi connectivity index (χ0) is 14.3. The van der Waals surface area contributed by atoms with Gasteiger partial charge in [0.15, 0.2) is 0 Å². The zero-order valence-electron chi connectivity index (χ0n) is 11.5. The molecule has 0 atom stereocenters. The molecule has 1 fully saturated rings. The highest BCUT2D eigenvalue weighted by Gasteiger charge is 2.24. The number of nitrogens with zero attached hydrogens (tertiary/aromatic N) is 2. The average Bonchev–Trinajstić information content (AvgIpc) is 2.38. The van der Waals surface area contributed by atoms with Crippen LogP contribution < -0.4 is 5.32 Å². The van der Waals surface area contributed by atoms with E-state index in [-0.39, 0.29) is 17.9 Å². The molecule has 3 amide bonds. The zero-order valence-corrected chi connectivity index (χ0v) is 11.5. The van der Waals surface area contributed by atoms with E-state index >= 15 is 0 Å². The van der Waals surface area contributed by atoms with Crippen LogP contribution in [0.25, 0.3) is 0 Å². The summed E-state index contributed by atoms with van der Waals surface area (Å²) in [6.45, 7) is 5.85. The lowest BCUT2D eigenvalue weighted by molar-refractivity contribution is -0.116. The lowest BCUT2D eigenvalue weighted by atomic mass is 10.3. The summed E-state index contributed by atoms with van der Waals surface area (Å²) in [4.78, 5) is 37.2. The molecule has 0 bridgehead atoms. The van der Waals surface area contributed by atoms with E-state index in [4.69, 9.17) is 4.74 Å². The van der Waals surface area contributed by atoms with Crippen molar-refractivity contribution in [1.82, 2.24) is 15.1 Å². The minimum atomic E-state index is -0.334. The molecule has 1 saturated heterocycles. The van der Waals surface area contributed by atoms with E-state index in [2.05, 4.69) is 5.32 Å². The molecule has 7 heteroatoms. The summed E-state index contributed by atoms with van der Waals surface area (Å²) in [5, 5.41) is 2.68.